The molecule has 1 aromatic carbocycles. The van der Waals surface area contributed by atoms with Crippen molar-refractivity contribution in [3.8, 4) is 0 Å². The van der Waals surface area contributed by atoms with Gasteiger partial charge in [-0.05, 0) is 18.9 Å². The van der Waals surface area contributed by atoms with Gasteiger partial charge in [0.1, 0.15) is 5.82 Å². The lowest BCUT2D eigenvalue weighted by Gasteiger charge is -2.22. The van der Waals surface area contributed by atoms with Gasteiger partial charge in [0.2, 0.25) is 0 Å². The lowest BCUT2D eigenvalue weighted by atomic mass is 10.0. The van der Waals surface area contributed by atoms with Crippen LogP contribution in [0.25, 0.3) is 0 Å². The van der Waals surface area contributed by atoms with Crippen molar-refractivity contribution in [1.29, 1.82) is 0 Å². The predicted octanol–water partition coefficient (Wildman–Crippen LogP) is 2.06. The fourth-order valence-corrected chi connectivity index (χ4v) is 2.77. The van der Waals surface area contributed by atoms with E-state index in [4.69, 9.17) is 10.7 Å². The molecule has 1 aliphatic heterocycles. The highest BCUT2D eigenvalue weighted by Crippen LogP contribution is 2.22. The molecule has 3 nitrogen and oxygen atoms in total. The Balaban J connectivity index is 1.93. The molecule has 0 saturated heterocycles. The van der Waals surface area contributed by atoms with Crippen LogP contribution < -0.4 is 5.73 Å². The Bertz CT molecular complexity index is 542. The number of rotatable bonds is 2. The minimum Gasteiger partial charge on any atom is -0.332 e. The van der Waals surface area contributed by atoms with Gasteiger partial charge < -0.3 is 10.3 Å². The van der Waals surface area contributed by atoms with Crippen LogP contribution in [-0.4, -0.2) is 15.6 Å². The van der Waals surface area contributed by atoms with E-state index in [9.17, 15) is 0 Å². The largest absolute Gasteiger partial charge is 0.332 e. The minimum atomic E-state index is 0.295. The van der Waals surface area contributed by atoms with Gasteiger partial charge in [-0.2, -0.15) is 0 Å². The topological polar surface area (TPSA) is 43.8 Å². The highest BCUT2D eigenvalue weighted by Gasteiger charge is 2.21. The monoisotopic (exact) mass is 241 g/mol. The van der Waals surface area contributed by atoms with Gasteiger partial charge in [-0.1, -0.05) is 30.3 Å². The second-order valence-electron chi connectivity index (χ2n) is 5.12. The number of aromatic nitrogens is 2. The molecule has 0 saturated carbocycles. The first-order chi connectivity index (χ1) is 8.74. The summed E-state index contributed by atoms with van der Waals surface area (Å²) in [5, 5.41) is 0. The zero-order valence-electron chi connectivity index (χ0n) is 10.8. The number of nitrogens with zero attached hydrogens (tertiary/aromatic N) is 2. The molecule has 0 bridgehead atoms. The van der Waals surface area contributed by atoms with E-state index < -0.39 is 0 Å². The van der Waals surface area contributed by atoms with Crippen LogP contribution in [-0.2, 0) is 19.4 Å². The number of benzene rings is 1. The number of fused-ring (bicyclic) bond motifs is 1. The third-order valence-corrected chi connectivity index (χ3v) is 3.74. The predicted molar refractivity (Wildman–Crippen MR) is 72.5 cm³/mol. The molecule has 94 valence electrons. The number of imidazole rings is 1. The Kier molecular flexibility index (Phi) is 2.92. The highest BCUT2D eigenvalue weighted by atomic mass is 15.1. The van der Waals surface area contributed by atoms with E-state index in [1.54, 1.807) is 0 Å². The second kappa shape index (κ2) is 4.58. The summed E-state index contributed by atoms with van der Waals surface area (Å²) in [5.41, 5.74) is 9.94. The SMILES string of the molecule is Cc1nc(Cc2ccccc2)c2n1CCC(N)C2. The summed E-state index contributed by atoms with van der Waals surface area (Å²) in [6, 6.07) is 10.8. The summed E-state index contributed by atoms with van der Waals surface area (Å²) in [7, 11) is 0. The Morgan fingerprint density at radius 1 is 1.33 bits per heavy atom. The molecule has 3 rings (SSSR count). The molecule has 0 amide bonds. The van der Waals surface area contributed by atoms with Crippen LogP contribution >= 0.6 is 0 Å². The van der Waals surface area contributed by atoms with Gasteiger partial charge in [0, 0.05) is 31.1 Å². The summed E-state index contributed by atoms with van der Waals surface area (Å²) < 4.78 is 2.33. The molecule has 1 aromatic heterocycles. The lowest BCUT2D eigenvalue weighted by molar-refractivity contribution is 0.463. The smallest absolute Gasteiger partial charge is 0.106 e. The van der Waals surface area contributed by atoms with Gasteiger partial charge in [0.15, 0.2) is 0 Å². The maximum atomic E-state index is 6.08. The van der Waals surface area contributed by atoms with E-state index in [0.29, 0.717) is 6.04 Å². The molecule has 1 aliphatic rings. The van der Waals surface area contributed by atoms with Crippen LogP contribution in [0.5, 0.6) is 0 Å². The number of hydrogen-bond acceptors (Lipinski definition) is 2. The van der Waals surface area contributed by atoms with E-state index in [1.807, 2.05) is 6.07 Å². The van der Waals surface area contributed by atoms with Crippen molar-refractivity contribution < 1.29 is 0 Å². The molecular formula is C15H19N3. The van der Waals surface area contributed by atoms with Crippen molar-refractivity contribution in [3.63, 3.8) is 0 Å². The van der Waals surface area contributed by atoms with Crippen LogP contribution in [0.15, 0.2) is 30.3 Å². The van der Waals surface area contributed by atoms with E-state index >= 15 is 0 Å². The quantitative estimate of drug-likeness (QED) is 0.874. The van der Waals surface area contributed by atoms with E-state index in [-0.39, 0.29) is 0 Å². The molecule has 2 aromatic rings. The van der Waals surface area contributed by atoms with Crippen molar-refractivity contribution in [2.45, 2.75) is 38.8 Å². The van der Waals surface area contributed by atoms with Crippen LogP contribution in [0, 0.1) is 6.92 Å². The van der Waals surface area contributed by atoms with Gasteiger partial charge in [-0.3, -0.25) is 0 Å². The molecule has 0 radical (unpaired) electrons. The zero-order valence-corrected chi connectivity index (χ0v) is 10.8. The summed E-state index contributed by atoms with van der Waals surface area (Å²) in [6.45, 7) is 3.11. The first kappa shape index (κ1) is 11.5. The molecule has 3 heteroatoms. The van der Waals surface area contributed by atoms with Crippen molar-refractivity contribution in [2.75, 3.05) is 0 Å². The van der Waals surface area contributed by atoms with E-state index in [1.165, 1.54) is 17.0 Å². The lowest BCUT2D eigenvalue weighted by Crippen LogP contribution is -2.31. The Hall–Kier alpha value is -1.61. The fourth-order valence-electron chi connectivity index (χ4n) is 2.77. The molecule has 2 heterocycles. The Morgan fingerprint density at radius 3 is 2.89 bits per heavy atom. The molecule has 0 aliphatic carbocycles. The molecule has 0 fully saturated rings. The van der Waals surface area contributed by atoms with E-state index in [2.05, 4.69) is 35.8 Å². The number of aryl methyl sites for hydroxylation is 1. The third kappa shape index (κ3) is 2.06. The van der Waals surface area contributed by atoms with Crippen LogP contribution in [0.3, 0.4) is 0 Å². The first-order valence-electron chi connectivity index (χ1n) is 6.58. The standard InChI is InChI=1S/C15H19N3/c1-11-17-14(9-12-5-3-2-4-6-12)15-10-13(16)7-8-18(11)15/h2-6,13H,7-10,16H2,1H3. The average molecular weight is 241 g/mol. The first-order valence-corrected chi connectivity index (χ1v) is 6.58. The van der Waals surface area contributed by atoms with E-state index in [0.717, 1.165) is 31.6 Å². The van der Waals surface area contributed by atoms with Crippen molar-refractivity contribution in [1.82, 2.24) is 9.55 Å². The van der Waals surface area contributed by atoms with Gasteiger partial charge in [0.25, 0.3) is 0 Å². The molecular weight excluding hydrogens is 222 g/mol. The van der Waals surface area contributed by atoms with Crippen LogP contribution in [0.1, 0.15) is 29.2 Å². The van der Waals surface area contributed by atoms with Crippen LogP contribution in [0.2, 0.25) is 0 Å². The zero-order chi connectivity index (χ0) is 12.5. The molecule has 1 unspecified atom stereocenters. The highest BCUT2D eigenvalue weighted by molar-refractivity contribution is 5.27. The van der Waals surface area contributed by atoms with Crippen molar-refractivity contribution in [2.24, 2.45) is 5.73 Å². The molecule has 18 heavy (non-hydrogen) atoms. The molecule has 2 N–H and O–H groups in total. The normalized spacial score (nSPS) is 18.7. The fraction of sp³-hybridized carbons (Fsp3) is 0.400. The Labute approximate surface area is 108 Å². The third-order valence-electron chi connectivity index (χ3n) is 3.74. The maximum absolute atomic E-state index is 6.08. The van der Waals surface area contributed by atoms with Gasteiger partial charge in [0.05, 0.1) is 5.69 Å². The summed E-state index contributed by atoms with van der Waals surface area (Å²) in [4.78, 5) is 4.73. The van der Waals surface area contributed by atoms with Crippen LogP contribution in [0.4, 0.5) is 0 Å². The number of nitrogens with two attached hydrogens (primary N) is 1. The van der Waals surface area contributed by atoms with Gasteiger partial charge in [-0.15, -0.1) is 0 Å². The molecule has 0 spiro atoms. The average Bonchev–Trinajstić information content (AvgIpc) is 2.67. The molecule has 1 atom stereocenters. The summed E-state index contributed by atoms with van der Waals surface area (Å²) in [6.07, 6.45) is 2.94. The Morgan fingerprint density at radius 2 is 2.11 bits per heavy atom. The minimum absolute atomic E-state index is 0.295. The van der Waals surface area contributed by atoms with Crippen molar-refractivity contribution >= 4 is 0 Å². The van der Waals surface area contributed by atoms with Crippen molar-refractivity contribution in [3.05, 3.63) is 53.1 Å². The van der Waals surface area contributed by atoms with Gasteiger partial charge in [-0.25, -0.2) is 4.98 Å². The number of hydrogen-bond donors (Lipinski definition) is 1. The maximum Gasteiger partial charge on any atom is 0.106 e. The second-order valence-corrected chi connectivity index (χ2v) is 5.12. The van der Waals surface area contributed by atoms with Gasteiger partial charge >= 0.3 is 0 Å². The summed E-state index contributed by atoms with van der Waals surface area (Å²) in [5.74, 6) is 1.13. The summed E-state index contributed by atoms with van der Waals surface area (Å²) >= 11 is 0.